The Morgan fingerprint density at radius 1 is 0.932 bits per heavy atom. The van der Waals surface area contributed by atoms with Gasteiger partial charge >= 0.3 is 6.18 Å². The Labute approximate surface area is 250 Å². The minimum absolute atomic E-state index is 0.0671. The Hall–Kier alpha value is -4.91. The molecule has 2 aromatic heterocycles. The summed E-state index contributed by atoms with van der Waals surface area (Å²) in [6.07, 6.45) is -1.90. The van der Waals surface area contributed by atoms with Crippen molar-refractivity contribution in [1.82, 2.24) is 25.4 Å². The summed E-state index contributed by atoms with van der Waals surface area (Å²) in [6.45, 7) is 3.81. The zero-order chi connectivity index (χ0) is 30.4. The predicted molar refractivity (Wildman–Crippen MR) is 156 cm³/mol. The molecule has 0 spiro atoms. The van der Waals surface area contributed by atoms with Gasteiger partial charge in [-0.2, -0.15) is 18.3 Å². The van der Waals surface area contributed by atoms with Gasteiger partial charge in [0, 0.05) is 69.2 Å². The van der Waals surface area contributed by atoms with E-state index >= 15 is 0 Å². The van der Waals surface area contributed by atoms with Crippen LogP contribution in [0, 0.1) is 0 Å². The number of hydrogen-bond acceptors (Lipinski definition) is 8. The number of amides is 1. The number of aromatic amines is 1. The Kier molecular flexibility index (Phi) is 6.96. The molecule has 2 N–H and O–H groups in total. The smallest absolute Gasteiger partial charge is 0.423 e. The third-order valence-corrected chi connectivity index (χ3v) is 8.20. The molecule has 44 heavy (non-hydrogen) atoms. The first-order chi connectivity index (χ1) is 21.2. The number of halogens is 3. The van der Waals surface area contributed by atoms with E-state index in [1.807, 2.05) is 28.3 Å². The van der Waals surface area contributed by atoms with Gasteiger partial charge in [0.05, 0.1) is 11.9 Å². The number of nitrogens with zero attached hydrogens (tertiary/aromatic N) is 5. The molecule has 3 aliphatic heterocycles. The summed E-state index contributed by atoms with van der Waals surface area (Å²) in [5, 5.41) is 8.74. The average Bonchev–Trinajstić information content (AvgIpc) is 3.78. The molecule has 4 aromatic rings. The summed E-state index contributed by atoms with van der Waals surface area (Å²) >= 11 is 0. The highest BCUT2D eigenvalue weighted by atomic mass is 19.4. The Balaban J connectivity index is 0.994. The van der Waals surface area contributed by atoms with E-state index in [0.717, 1.165) is 24.1 Å². The van der Waals surface area contributed by atoms with Crippen molar-refractivity contribution in [3.05, 3.63) is 105 Å². The van der Waals surface area contributed by atoms with Crippen LogP contribution in [0.4, 0.5) is 24.7 Å². The quantitative estimate of drug-likeness (QED) is 0.317. The normalized spacial score (nSPS) is 17.9. The molecule has 0 saturated carbocycles. The van der Waals surface area contributed by atoms with Crippen LogP contribution in [0.15, 0.2) is 71.8 Å². The third kappa shape index (κ3) is 5.46. The lowest BCUT2D eigenvalue weighted by Gasteiger charge is -2.35. The molecule has 10 nitrogen and oxygen atoms in total. The number of carbonyl (C=O) groups excluding carboxylic acids is 1. The molecular formula is C31H28F3N7O3. The van der Waals surface area contributed by atoms with Crippen LogP contribution < -0.4 is 25.4 Å². The fourth-order valence-electron chi connectivity index (χ4n) is 5.76. The van der Waals surface area contributed by atoms with Gasteiger partial charge in [0.15, 0.2) is 0 Å². The van der Waals surface area contributed by atoms with Crippen LogP contribution in [0.25, 0.3) is 0 Å². The summed E-state index contributed by atoms with van der Waals surface area (Å²) < 4.78 is 47.1. The minimum Gasteiger partial charge on any atom is -0.457 e. The van der Waals surface area contributed by atoms with Gasteiger partial charge in [0.1, 0.15) is 22.9 Å². The lowest BCUT2D eigenvalue weighted by Crippen LogP contribution is -2.49. The molecule has 2 fully saturated rings. The number of piperazine rings is 1. The summed E-state index contributed by atoms with van der Waals surface area (Å²) in [7, 11) is 0. The summed E-state index contributed by atoms with van der Waals surface area (Å²) in [5.41, 5.74) is 0.383. The number of alkyl halides is 3. The largest absolute Gasteiger partial charge is 0.457 e. The van der Waals surface area contributed by atoms with E-state index in [-0.39, 0.29) is 24.7 Å². The Morgan fingerprint density at radius 3 is 2.39 bits per heavy atom. The summed E-state index contributed by atoms with van der Waals surface area (Å²) in [4.78, 5) is 35.3. The van der Waals surface area contributed by atoms with E-state index in [9.17, 15) is 22.8 Å². The number of pyridine rings is 1. The van der Waals surface area contributed by atoms with Gasteiger partial charge in [0.25, 0.3) is 11.5 Å². The maximum Gasteiger partial charge on any atom is 0.423 e. The number of hydrogen-bond donors (Lipinski definition) is 2. The maximum atomic E-state index is 13.7. The van der Waals surface area contributed by atoms with E-state index in [1.165, 1.54) is 10.5 Å². The molecular weight excluding hydrogens is 575 g/mol. The second-order valence-corrected chi connectivity index (χ2v) is 11.0. The number of benzene rings is 2. The topological polar surface area (TPSA) is 117 Å². The van der Waals surface area contributed by atoms with E-state index in [1.54, 1.807) is 36.4 Å². The van der Waals surface area contributed by atoms with Gasteiger partial charge in [-0.1, -0.05) is 18.2 Å². The lowest BCUT2D eigenvalue weighted by molar-refractivity contribution is -0.138. The van der Waals surface area contributed by atoms with Crippen molar-refractivity contribution in [1.29, 1.82) is 0 Å². The maximum absolute atomic E-state index is 13.7. The van der Waals surface area contributed by atoms with Gasteiger partial charge in [-0.05, 0) is 47.5 Å². The first-order valence-electron chi connectivity index (χ1n) is 14.3. The van der Waals surface area contributed by atoms with E-state index in [0.29, 0.717) is 54.8 Å². The van der Waals surface area contributed by atoms with Crippen LogP contribution in [-0.4, -0.2) is 58.7 Å². The highest BCUT2D eigenvalue weighted by Crippen LogP contribution is 2.40. The average molecular weight is 604 g/mol. The van der Waals surface area contributed by atoms with Crippen LogP contribution in [0.3, 0.4) is 0 Å². The van der Waals surface area contributed by atoms with Gasteiger partial charge in [-0.15, -0.1) is 0 Å². The van der Waals surface area contributed by atoms with Gasteiger partial charge in [-0.25, -0.2) is 10.1 Å². The fourth-order valence-corrected chi connectivity index (χ4v) is 5.76. The second-order valence-electron chi connectivity index (χ2n) is 11.0. The monoisotopic (exact) mass is 603 g/mol. The van der Waals surface area contributed by atoms with Crippen molar-refractivity contribution < 1.29 is 22.7 Å². The second kappa shape index (κ2) is 11.0. The van der Waals surface area contributed by atoms with Crippen molar-refractivity contribution in [2.24, 2.45) is 0 Å². The fraction of sp³-hybridized carbons (Fsp3) is 0.290. The number of H-pyrrole nitrogens is 1. The molecule has 2 aromatic carbocycles. The number of rotatable bonds is 6. The Morgan fingerprint density at radius 2 is 1.70 bits per heavy atom. The van der Waals surface area contributed by atoms with E-state index in [2.05, 4.69) is 26.4 Å². The van der Waals surface area contributed by atoms with Crippen LogP contribution in [0.2, 0.25) is 0 Å². The van der Waals surface area contributed by atoms with Crippen molar-refractivity contribution in [3.63, 3.8) is 0 Å². The first-order valence-corrected chi connectivity index (χ1v) is 14.3. The van der Waals surface area contributed by atoms with Crippen molar-refractivity contribution in [2.75, 3.05) is 42.5 Å². The molecule has 7 rings (SSSR count). The molecule has 1 unspecified atom stereocenters. The first kappa shape index (κ1) is 27.9. The van der Waals surface area contributed by atoms with E-state index < -0.39 is 17.3 Å². The molecule has 3 aliphatic rings. The molecule has 1 atom stereocenters. The molecule has 0 aliphatic carbocycles. The zero-order valence-corrected chi connectivity index (χ0v) is 23.5. The minimum atomic E-state index is -4.83. The van der Waals surface area contributed by atoms with Crippen LogP contribution >= 0.6 is 0 Å². The SMILES string of the molecule is O=C(c1ccc(Oc2cccc3c2CN(c2cn[nH]c(=O)c2C(F)(F)F)C3)cc1)N1CCN(c2ccc(C3CN3)cn2)CC1. The Bertz CT molecular complexity index is 1750. The number of nitrogens with one attached hydrogen (secondary N) is 2. The third-order valence-electron chi connectivity index (χ3n) is 8.20. The van der Waals surface area contributed by atoms with Crippen molar-refractivity contribution in [2.45, 2.75) is 25.3 Å². The zero-order valence-electron chi connectivity index (χ0n) is 23.5. The van der Waals surface area contributed by atoms with Gasteiger partial charge in [0.2, 0.25) is 0 Å². The molecule has 0 bridgehead atoms. The van der Waals surface area contributed by atoms with Crippen molar-refractivity contribution in [3.8, 4) is 11.5 Å². The van der Waals surface area contributed by atoms with Gasteiger partial charge < -0.3 is 24.8 Å². The predicted octanol–water partition coefficient (Wildman–Crippen LogP) is 4.10. The molecule has 5 heterocycles. The van der Waals surface area contributed by atoms with Crippen LogP contribution in [-0.2, 0) is 19.3 Å². The summed E-state index contributed by atoms with van der Waals surface area (Å²) in [6, 6.07) is 16.7. The number of ether oxygens (including phenoxy) is 1. The van der Waals surface area contributed by atoms with E-state index in [4.69, 9.17) is 4.74 Å². The van der Waals surface area contributed by atoms with Crippen LogP contribution in [0.5, 0.6) is 11.5 Å². The molecule has 226 valence electrons. The highest BCUT2D eigenvalue weighted by Gasteiger charge is 2.40. The van der Waals surface area contributed by atoms with Crippen LogP contribution in [0.1, 0.15) is 38.7 Å². The molecule has 2 saturated heterocycles. The lowest BCUT2D eigenvalue weighted by atomic mass is 10.1. The number of carbonyl (C=O) groups is 1. The highest BCUT2D eigenvalue weighted by molar-refractivity contribution is 5.94. The molecule has 1 amide bonds. The number of anilines is 2. The van der Waals surface area contributed by atoms with Gasteiger partial charge in [-0.3, -0.25) is 9.59 Å². The van der Waals surface area contributed by atoms with Crippen molar-refractivity contribution >= 4 is 17.4 Å². The summed E-state index contributed by atoms with van der Waals surface area (Å²) in [5.74, 6) is 1.82. The standard InChI is InChI=1S/C31H28F3N7O3/c32-31(33,34)28-25(16-37-38-29(28)42)41-17-21-2-1-3-26(23(21)18-41)44-22-7-4-19(5-8-22)30(43)40-12-10-39(11-13-40)27-9-6-20(14-36-27)24-15-35-24/h1-9,14,16,24,35H,10-13,15,17-18H2,(H,38,42). The number of fused-ring (bicyclic) bond motifs is 1. The molecule has 13 heteroatoms. The number of aromatic nitrogens is 3. The molecule has 0 radical (unpaired) electrons.